The summed E-state index contributed by atoms with van der Waals surface area (Å²) in [5.74, 6) is 0.527. The Hall–Kier alpha value is -1.57. The standard InChI is InChI=1S/C22H25Cl2N3O2S.ClH/c1-4-26(5-2)12-13-27(21(28)16-11-10-15(23)14-17(16)24)22-25-20-18(29-6-3)8-7-9-19(20)30-22;/h7-11,14H,4-6,12-13H2,1-3H3;1H. The van der Waals surface area contributed by atoms with Gasteiger partial charge in [-0.25, -0.2) is 4.98 Å². The van der Waals surface area contributed by atoms with E-state index in [9.17, 15) is 4.79 Å². The van der Waals surface area contributed by atoms with Crippen LogP contribution >= 0.6 is 46.9 Å². The van der Waals surface area contributed by atoms with Gasteiger partial charge in [-0.3, -0.25) is 9.69 Å². The van der Waals surface area contributed by atoms with Gasteiger partial charge in [0, 0.05) is 18.1 Å². The van der Waals surface area contributed by atoms with Crippen LogP contribution in [0.15, 0.2) is 36.4 Å². The number of likely N-dealkylation sites (N-methyl/N-ethyl adjacent to an activating group) is 1. The van der Waals surface area contributed by atoms with Gasteiger partial charge in [0.25, 0.3) is 5.91 Å². The smallest absolute Gasteiger partial charge is 0.261 e. The summed E-state index contributed by atoms with van der Waals surface area (Å²) in [6, 6.07) is 10.7. The van der Waals surface area contributed by atoms with Gasteiger partial charge in [0.2, 0.25) is 0 Å². The molecule has 3 aromatic rings. The van der Waals surface area contributed by atoms with Crippen molar-refractivity contribution in [1.29, 1.82) is 0 Å². The first-order chi connectivity index (χ1) is 14.5. The summed E-state index contributed by atoms with van der Waals surface area (Å²) < 4.78 is 6.69. The number of benzene rings is 2. The first-order valence-corrected chi connectivity index (χ1v) is 11.6. The van der Waals surface area contributed by atoms with Crippen molar-refractivity contribution in [2.45, 2.75) is 20.8 Å². The zero-order chi connectivity index (χ0) is 21.7. The van der Waals surface area contributed by atoms with Gasteiger partial charge in [-0.1, -0.05) is 54.5 Å². The molecule has 0 N–H and O–H groups in total. The molecule has 0 unspecified atom stereocenters. The van der Waals surface area contributed by atoms with Gasteiger partial charge in [0.05, 0.1) is 21.9 Å². The number of aromatic nitrogens is 1. The number of hydrogen-bond donors (Lipinski definition) is 0. The molecule has 0 spiro atoms. The monoisotopic (exact) mass is 501 g/mol. The molecule has 3 rings (SSSR count). The van der Waals surface area contributed by atoms with Gasteiger partial charge < -0.3 is 9.64 Å². The minimum absolute atomic E-state index is 0. The molecular formula is C22H26Cl3N3O2S. The van der Waals surface area contributed by atoms with Gasteiger partial charge in [-0.15, -0.1) is 12.4 Å². The fourth-order valence-electron chi connectivity index (χ4n) is 3.17. The fraction of sp³-hybridized carbons (Fsp3) is 0.364. The summed E-state index contributed by atoms with van der Waals surface area (Å²) in [4.78, 5) is 22.2. The lowest BCUT2D eigenvalue weighted by atomic mass is 10.2. The lowest BCUT2D eigenvalue weighted by molar-refractivity contribution is 0.0984. The van der Waals surface area contributed by atoms with Crippen LogP contribution in [0.25, 0.3) is 10.2 Å². The van der Waals surface area contributed by atoms with E-state index in [1.54, 1.807) is 23.1 Å². The molecule has 0 radical (unpaired) electrons. The predicted molar refractivity (Wildman–Crippen MR) is 134 cm³/mol. The van der Waals surface area contributed by atoms with Crippen LogP contribution in [0.1, 0.15) is 31.1 Å². The van der Waals surface area contributed by atoms with Crippen LogP contribution in [-0.2, 0) is 0 Å². The number of halogens is 3. The van der Waals surface area contributed by atoms with Crippen molar-refractivity contribution in [2.24, 2.45) is 0 Å². The van der Waals surface area contributed by atoms with Crippen molar-refractivity contribution in [3.63, 3.8) is 0 Å². The van der Waals surface area contributed by atoms with Gasteiger partial charge >= 0.3 is 0 Å². The van der Waals surface area contributed by atoms with Crippen LogP contribution < -0.4 is 9.64 Å². The van der Waals surface area contributed by atoms with E-state index in [0.29, 0.717) is 33.9 Å². The highest BCUT2D eigenvalue weighted by atomic mass is 35.5. The van der Waals surface area contributed by atoms with Crippen LogP contribution in [0.3, 0.4) is 0 Å². The third-order valence-electron chi connectivity index (χ3n) is 4.84. The number of nitrogens with zero attached hydrogens (tertiary/aromatic N) is 3. The molecule has 0 aliphatic carbocycles. The Balaban J connectivity index is 0.00000341. The predicted octanol–water partition coefficient (Wildman–Crippen LogP) is 6.41. The van der Waals surface area contributed by atoms with Gasteiger partial charge in [0.1, 0.15) is 11.3 Å². The second-order valence-corrected chi connectivity index (χ2v) is 8.49. The molecule has 5 nitrogen and oxygen atoms in total. The largest absolute Gasteiger partial charge is 0.492 e. The molecule has 168 valence electrons. The summed E-state index contributed by atoms with van der Waals surface area (Å²) in [7, 11) is 0. The number of hydrogen-bond acceptors (Lipinski definition) is 5. The minimum Gasteiger partial charge on any atom is -0.492 e. The average Bonchev–Trinajstić information content (AvgIpc) is 3.16. The van der Waals surface area contributed by atoms with E-state index >= 15 is 0 Å². The Bertz CT molecular complexity index is 1020. The molecule has 0 fully saturated rings. The fourth-order valence-corrected chi connectivity index (χ4v) is 4.67. The number of para-hydroxylation sites is 1. The van der Waals surface area contributed by atoms with E-state index < -0.39 is 0 Å². The van der Waals surface area contributed by atoms with Crippen molar-refractivity contribution in [3.05, 3.63) is 52.0 Å². The Morgan fingerprint density at radius 3 is 2.48 bits per heavy atom. The molecule has 31 heavy (non-hydrogen) atoms. The summed E-state index contributed by atoms with van der Waals surface area (Å²) in [5, 5.41) is 1.45. The summed E-state index contributed by atoms with van der Waals surface area (Å²) >= 11 is 13.8. The highest BCUT2D eigenvalue weighted by Crippen LogP contribution is 2.35. The summed E-state index contributed by atoms with van der Waals surface area (Å²) in [6.07, 6.45) is 0. The first-order valence-electron chi connectivity index (χ1n) is 10.00. The van der Waals surface area contributed by atoms with Crippen molar-refractivity contribution in [2.75, 3.05) is 37.7 Å². The number of thiazole rings is 1. The maximum absolute atomic E-state index is 13.5. The topological polar surface area (TPSA) is 45.7 Å². The van der Waals surface area contributed by atoms with Crippen LogP contribution in [0.5, 0.6) is 5.75 Å². The van der Waals surface area contributed by atoms with Gasteiger partial charge in [0.15, 0.2) is 5.13 Å². The summed E-state index contributed by atoms with van der Waals surface area (Å²) in [5.41, 5.74) is 1.17. The highest BCUT2D eigenvalue weighted by molar-refractivity contribution is 7.22. The van der Waals surface area contributed by atoms with Crippen molar-refractivity contribution in [3.8, 4) is 5.75 Å². The maximum atomic E-state index is 13.5. The quantitative estimate of drug-likeness (QED) is 0.339. The number of anilines is 1. The van der Waals surface area contributed by atoms with E-state index in [4.69, 9.17) is 32.9 Å². The molecular weight excluding hydrogens is 477 g/mol. The number of ether oxygens (including phenoxy) is 1. The van der Waals surface area contributed by atoms with Crippen LogP contribution in [-0.4, -0.2) is 48.6 Å². The van der Waals surface area contributed by atoms with Crippen molar-refractivity contribution in [1.82, 2.24) is 9.88 Å². The second kappa shape index (κ2) is 11.9. The molecule has 1 amide bonds. The van der Waals surface area contributed by atoms with Crippen LogP contribution in [0.4, 0.5) is 5.13 Å². The van der Waals surface area contributed by atoms with E-state index in [1.807, 2.05) is 25.1 Å². The molecule has 2 aromatic carbocycles. The van der Waals surface area contributed by atoms with Crippen molar-refractivity contribution >= 4 is 68.2 Å². The molecule has 9 heteroatoms. The minimum atomic E-state index is -0.194. The SMILES string of the molecule is CCOc1cccc2sc(N(CCN(CC)CC)C(=O)c3ccc(Cl)cc3Cl)nc12.Cl. The Morgan fingerprint density at radius 2 is 1.84 bits per heavy atom. The van der Waals surface area contributed by atoms with Gasteiger partial charge in [-0.2, -0.15) is 0 Å². The highest BCUT2D eigenvalue weighted by Gasteiger charge is 2.24. The Kier molecular flexibility index (Phi) is 9.85. The number of fused-ring (bicyclic) bond motifs is 1. The number of carbonyl (C=O) groups is 1. The zero-order valence-corrected chi connectivity index (χ0v) is 20.9. The third-order valence-corrected chi connectivity index (χ3v) is 6.43. The maximum Gasteiger partial charge on any atom is 0.261 e. The molecule has 0 saturated heterocycles. The molecule has 0 aliphatic rings. The van der Waals surface area contributed by atoms with Gasteiger partial charge in [-0.05, 0) is 50.3 Å². The Morgan fingerprint density at radius 1 is 1.10 bits per heavy atom. The number of rotatable bonds is 9. The molecule has 0 bridgehead atoms. The molecule has 1 aromatic heterocycles. The number of carbonyl (C=O) groups excluding carboxylic acids is 1. The Labute approximate surface area is 203 Å². The zero-order valence-electron chi connectivity index (χ0n) is 17.7. The lowest BCUT2D eigenvalue weighted by Crippen LogP contribution is -2.39. The van der Waals surface area contributed by atoms with E-state index in [0.717, 1.165) is 35.6 Å². The molecule has 0 saturated carbocycles. The normalized spacial score (nSPS) is 10.9. The lowest BCUT2D eigenvalue weighted by Gasteiger charge is -2.25. The van der Waals surface area contributed by atoms with E-state index in [2.05, 4.69) is 18.7 Å². The van der Waals surface area contributed by atoms with E-state index in [1.165, 1.54) is 11.3 Å². The third kappa shape index (κ3) is 6.02. The molecule has 0 atom stereocenters. The molecule has 1 heterocycles. The average molecular weight is 503 g/mol. The van der Waals surface area contributed by atoms with E-state index in [-0.39, 0.29) is 18.3 Å². The second-order valence-electron chi connectivity index (χ2n) is 6.64. The first kappa shape index (κ1) is 25.7. The van der Waals surface area contributed by atoms with Crippen LogP contribution in [0, 0.1) is 0 Å². The summed E-state index contributed by atoms with van der Waals surface area (Å²) in [6.45, 7) is 9.77. The molecule has 0 aliphatic heterocycles. The number of amides is 1. The van der Waals surface area contributed by atoms with Crippen LogP contribution in [0.2, 0.25) is 10.0 Å². The van der Waals surface area contributed by atoms with Crippen molar-refractivity contribution < 1.29 is 9.53 Å².